The number of rotatable bonds is 9. The van der Waals surface area contributed by atoms with Gasteiger partial charge in [-0.3, -0.25) is 4.79 Å². The Balaban J connectivity index is 1.73. The molecule has 0 atom stereocenters. The molecule has 0 heterocycles. The van der Waals surface area contributed by atoms with Crippen LogP contribution in [0.15, 0.2) is 55.1 Å². The normalized spacial score (nSPS) is 13.7. The van der Waals surface area contributed by atoms with Gasteiger partial charge in [0.2, 0.25) is 5.91 Å². The van der Waals surface area contributed by atoms with Gasteiger partial charge >= 0.3 is 0 Å². The number of carbonyl (C=O) groups is 1. The predicted octanol–water partition coefficient (Wildman–Crippen LogP) is 5.31. The van der Waals surface area contributed by atoms with E-state index in [0.717, 1.165) is 22.8 Å². The van der Waals surface area contributed by atoms with E-state index in [2.05, 4.69) is 6.58 Å². The van der Waals surface area contributed by atoms with Crippen molar-refractivity contribution in [3.63, 3.8) is 0 Å². The molecule has 2 aromatic rings. The molecule has 3 rings (SSSR count). The molecule has 1 saturated carbocycles. The Morgan fingerprint density at radius 2 is 1.93 bits per heavy atom. The highest BCUT2D eigenvalue weighted by molar-refractivity contribution is 6.37. The maximum atomic E-state index is 12.8. The van der Waals surface area contributed by atoms with Crippen molar-refractivity contribution in [3.05, 3.63) is 60.7 Å². The summed E-state index contributed by atoms with van der Waals surface area (Å²) in [7, 11) is 1.61. The number of ether oxygens (including phenoxy) is 3. The van der Waals surface area contributed by atoms with Gasteiger partial charge in [0.15, 0.2) is 11.5 Å². The molecule has 0 spiro atoms. The summed E-state index contributed by atoms with van der Waals surface area (Å²) in [5.74, 6) is 1.59. The van der Waals surface area contributed by atoms with Crippen LogP contribution in [-0.4, -0.2) is 25.7 Å². The predicted molar refractivity (Wildman–Crippen MR) is 115 cm³/mol. The van der Waals surface area contributed by atoms with Crippen molar-refractivity contribution in [1.29, 1.82) is 0 Å². The van der Waals surface area contributed by atoms with E-state index in [1.807, 2.05) is 24.3 Å². The van der Waals surface area contributed by atoms with Gasteiger partial charge in [0.25, 0.3) is 0 Å². The number of amides is 1. The van der Waals surface area contributed by atoms with Crippen LogP contribution in [0.4, 0.5) is 5.69 Å². The first-order valence-electron chi connectivity index (χ1n) is 9.77. The van der Waals surface area contributed by atoms with Gasteiger partial charge in [-0.1, -0.05) is 30.9 Å². The highest BCUT2D eigenvalue weighted by atomic mass is 35.5. The molecule has 1 amide bonds. The van der Waals surface area contributed by atoms with Crippen LogP contribution < -0.4 is 18.6 Å². The van der Waals surface area contributed by atoms with E-state index < -0.39 is 0 Å². The molecule has 0 saturated heterocycles. The number of halogens is 1. The molecular formula is C23H26ClNO4. The maximum absolute atomic E-state index is 12.8. The van der Waals surface area contributed by atoms with Crippen molar-refractivity contribution in [3.8, 4) is 17.2 Å². The van der Waals surface area contributed by atoms with E-state index >= 15 is 0 Å². The van der Waals surface area contributed by atoms with Crippen LogP contribution in [0.5, 0.6) is 17.2 Å². The molecule has 0 aromatic heterocycles. The first-order valence-corrected chi connectivity index (χ1v) is 10.1. The number of carbonyl (C=O) groups excluding carboxylic acids is 1. The van der Waals surface area contributed by atoms with E-state index in [0.29, 0.717) is 29.5 Å². The molecule has 1 fully saturated rings. The monoisotopic (exact) mass is 415 g/mol. The second kappa shape index (κ2) is 10.2. The summed E-state index contributed by atoms with van der Waals surface area (Å²) in [5.41, 5.74) is 1.30. The fourth-order valence-electron chi connectivity index (χ4n) is 3.38. The van der Waals surface area contributed by atoms with Crippen molar-refractivity contribution in [1.82, 2.24) is 0 Å². The van der Waals surface area contributed by atoms with E-state index in [1.54, 1.807) is 31.4 Å². The largest absolute Gasteiger partial charge is 0.493 e. The first kappa shape index (κ1) is 21.1. The van der Waals surface area contributed by atoms with Crippen LogP contribution in [0.25, 0.3) is 0 Å². The molecule has 154 valence electrons. The van der Waals surface area contributed by atoms with E-state index in [-0.39, 0.29) is 18.4 Å². The van der Waals surface area contributed by atoms with Crippen LogP contribution >= 0.6 is 11.8 Å². The number of para-hydroxylation sites is 2. The number of hydrogen-bond donors (Lipinski definition) is 0. The average Bonchev–Trinajstić information content (AvgIpc) is 3.25. The molecule has 1 aliphatic rings. The van der Waals surface area contributed by atoms with Gasteiger partial charge in [0, 0.05) is 11.8 Å². The van der Waals surface area contributed by atoms with Crippen LogP contribution in [0.3, 0.4) is 0 Å². The van der Waals surface area contributed by atoms with E-state index in [9.17, 15) is 4.79 Å². The van der Waals surface area contributed by atoms with E-state index in [1.165, 1.54) is 12.8 Å². The molecule has 1 aliphatic carbocycles. The molecule has 0 aliphatic heterocycles. The number of anilines is 1. The summed E-state index contributed by atoms with van der Waals surface area (Å²) in [4.78, 5) is 12.8. The minimum atomic E-state index is -0.265. The topological polar surface area (TPSA) is 48.0 Å². The van der Waals surface area contributed by atoms with Crippen molar-refractivity contribution >= 4 is 23.4 Å². The van der Waals surface area contributed by atoms with Gasteiger partial charge in [0.05, 0.1) is 19.6 Å². The fourth-order valence-corrected chi connectivity index (χ4v) is 3.58. The van der Waals surface area contributed by atoms with Crippen LogP contribution in [0, 0.1) is 0 Å². The lowest BCUT2D eigenvalue weighted by atomic mass is 10.1. The summed E-state index contributed by atoms with van der Waals surface area (Å²) < 4.78 is 18.2. The standard InChI is InChI=1S/C23H26ClNO4/c1-3-14-28-20-11-7-6-10-19(20)25(24)23(26)16-17-12-13-21(27-2)22(15-17)29-18-8-4-5-9-18/h3,6-7,10-13,15,18H,1,4-5,8-9,14,16H2,2H3. The maximum Gasteiger partial charge on any atom is 0.246 e. The smallest absolute Gasteiger partial charge is 0.246 e. The fraction of sp³-hybridized carbons (Fsp3) is 0.348. The third kappa shape index (κ3) is 5.45. The van der Waals surface area contributed by atoms with Crippen LogP contribution in [0.1, 0.15) is 31.2 Å². The van der Waals surface area contributed by atoms with Crippen molar-refractivity contribution < 1.29 is 19.0 Å². The highest BCUT2D eigenvalue weighted by Gasteiger charge is 2.21. The SMILES string of the molecule is C=CCOc1ccccc1N(Cl)C(=O)Cc1ccc(OC)c(OC2CCCC2)c1. The van der Waals surface area contributed by atoms with Gasteiger partial charge < -0.3 is 14.2 Å². The Labute approximate surface area is 176 Å². The minimum Gasteiger partial charge on any atom is -0.493 e. The number of nitrogens with zero attached hydrogens (tertiary/aromatic N) is 1. The number of benzene rings is 2. The van der Waals surface area contributed by atoms with Crippen molar-refractivity contribution in [2.24, 2.45) is 0 Å². The van der Waals surface area contributed by atoms with Crippen LogP contribution in [0.2, 0.25) is 0 Å². The van der Waals surface area contributed by atoms with Gasteiger partial charge in [-0.25, -0.2) is 4.42 Å². The number of methoxy groups -OCH3 is 1. The van der Waals surface area contributed by atoms with Crippen LogP contribution in [-0.2, 0) is 11.2 Å². The molecule has 0 N–H and O–H groups in total. The Kier molecular flexibility index (Phi) is 7.42. The molecule has 0 unspecified atom stereocenters. The lowest BCUT2D eigenvalue weighted by Gasteiger charge is -2.19. The second-order valence-corrected chi connectivity index (χ2v) is 7.27. The Bertz CT molecular complexity index is 849. The van der Waals surface area contributed by atoms with Gasteiger partial charge in [-0.05, 0) is 55.5 Å². The summed E-state index contributed by atoms with van der Waals surface area (Å²) in [6.45, 7) is 3.97. The Hall–Kier alpha value is -2.66. The Morgan fingerprint density at radius 3 is 2.66 bits per heavy atom. The zero-order chi connectivity index (χ0) is 20.6. The van der Waals surface area contributed by atoms with Gasteiger partial charge in [-0.2, -0.15) is 0 Å². The molecule has 0 bridgehead atoms. The zero-order valence-electron chi connectivity index (χ0n) is 16.6. The molecule has 5 nitrogen and oxygen atoms in total. The number of hydrogen-bond acceptors (Lipinski definition) is 4. The Morgan fingerprint density at radius 1 is 1.17 bits per heavy atom. The average molecular weight is 416 g/mol. The zero-order valence-corrected chi connectivity index (χ0v) is 17.4. The molecule has 2 aromatic carbocycles. The quantitative estimate of drug-likeness (QED) is 0.411. The van der Waals surface area contributed by atoms with Crippen molar-refractivity contribution in [2.75, 3.05) is 18.1 Å². The second-order valence-electron chi connectivity index (χ2n) is 6.93. The van der Waals surface area contributed by atoms with Gasteiger partial charge in [-0.15, -0.1) is 0 Å². The lowest BCUT2D eigenvalue weighted by molar-refractivity contribution is -0.116. The first-order chi connectivity index (χ1) is 14.1. The molecule has 0 radical (unpaired) electrons. The summed E-state index contributed by atoms with van der Waals surface area (Å²) in [6, 6.07) is 12.7. The molecule has 29 heavy (non-hydrogen) atoms. The summed E-state index contributed by atoms with van der Waals surface area (Å²) >= 11 is 6.35. The summed E-state index contributed by atoms with van der Waals surface area (Å²) in [6.07, 6.45) is 6.42. The highest BCUT2D eigenvalue weighted by Crippen LogP contribution is 2.34. The lowest BCUT2D eigenvalue weighted by Crippen LogP contribution is -2.23. The van der Waals surface area contributed by atoms with E-state index in [4.69, 9.17) is 26.0 Å². The van der Waals surface area contributed by atoms with Gasteiger partial charge in [0.1, 0.15) is 18.0 Å². The molecule has 6 heteroatoms. The van der Waals surface area contributed by atoms with Crippen molar-refractivity contribution in [2.45, 2.75) is 38.2 Å². The molecular weight excluding hydrogens is 390 g/mol. The summed E-state index contributed by atoms with van der Waals surface area (Å²) in [5, 5.41) is 0. The third-order valence-electron chi connectivity index (χ3n) is 4.83. The minimum absolute atomic E-state index is 0.129. The third-order valence-corrected chi connectivity index (χ3v) is 5.20.